The molecule has 0 atom stereocenters. The summed E-state index contributed by atoms with van der Waals surface area (Å²) in [5.41, 5.74) is 0.937. The van der Waals surface area contributed by atoms with Crippen LogP contribution in [0.5, 0.6) is 0 Å². The minimum atomic E-state index is -3.68. The van der Waals surface area contributed by atoms with E-state index in [1.165, 1.54) is 11.3 Å². The van der Waals surface area contributed by atoms with E-state index in [1.807, 2.05) is 6.92 Å². The topological polar surface area (TPSA) is 102 Å². The van der Waals surface area contributed by atoms with Gasteiger partial charge in [0.2, 0.25) is 15.0 Å². The van der Waals surface area contributed by atoms with Gasteiger partial charge in [-0.3, -0.25) is 0 Å². The summed E-state index contributed by atoms with van der Waals surface area (Å²) in [6.45, 7) is 5.12. The first kappa shape index (κ1) is 14.2. The number of rotatable bonds is 4. The van der Waals surface area contributed by atoms with E-state index in [0.717, 1.165) is 9.97 Å². The molecule has 10 heteroatoms. The monoisotopic (exact) mass is 327 g/mol. The Balaban J connectivity index is 1.81. The summed E-state index contributed by atoms with van der Waals surface area (Å²) in [5, 5.41) is 8.78. The van der Waals surface area contributed by atoms with E-state index >= 15 is 0 Å². The fourth-order valence-corrected chi connectivity index (χ4v) is 4.10. The third-order valence-corrected chi connectivity index (χ3v) is 5.36. The highest BCUT2D eigenvalue weighted by molar-refractivity contribution is 7.89. The van der Waals surface area contributed by atoms with Gasteiger partial charge in [0, 0.05) is 0 Å². The lowest BCUT2D eigenvalue weighted by Gasteiger charge is -2.03. The summed E-state index contributed by atoms with van der Waals surface area (Å²) < 4.78 is 33.5. The van der Waals surface area contributed by atoms with Crippen LogP contribution in [0.4, 0.5) is 0 Å². The van der Waals surface area contributed by atoms with Crippen LogP contribution in [0.25, 0.3) is 4.96 Å². The smallest absolute Gasteiger partial charge is 0.246 e. The largest absolute Gasteiger partial charge is 0.360 e. The fraction of sp³-hybridized carbons (Fsp3) is 0.364. The molecule has 112 valence electrons. The first-order valence-electron chi connectivity index (χ1n) is 6.11. The van der Waals surface area contributed by atoms with E-state index in [1.54, 1.807) is 24.6 Å². The molecule has 0 bridgehead atoms. The van der Waals surface area contributed by atoms with Crippen molar-refractivity contribution in [3.05, 3.63) is 28.4 Å². The molecule has 3 aromatic rings. The number of nitrogens with one attached hydrogen (secondary N) is 1. The highest BCUT2D eigenvalue weighted by Gasteiger charge is 2.24. The van der Waals surface area contributed by atoms with E-state index in [0.29, 0.717) is 11.4 Å². The molecule has 0 aliphatic rings. The highest BCUT2D eigenvalue weighted by atomic mass is 32.2. The molecule has 0 aromatic carbocycles. The Morgan fingerprint density at radius 3 is 2.76 bits per heavy atom. The van der Waals surface area contributed by atoms with Crippen molar-refractivity contribution in [3.63, 3.8) is 0 Å². The molecule has 1 N–H and O–H groups in total. The van der Waals surface area contributed by atoms with Crippen LogP contribution in [-0.2, 0) is 16.6 Å². The molecule has 0 aliphatic carbocycles. The summed E-state index contributed by atoms with van der Waals surface area (Å²) in [5.74, 6) is 0.267. The number of fused-ring (bicyclic) bond motifs is 1. The van der Waals surface area contributed by atoms with Crippen LogP contribution in [0.1, 0.15) is 22.2 Å². The lowest BCUT2D eigenvalue weighted by Crippen LogP contribution is -2.24. The number of sulfonamides is 1. The number of nitrogens with zero attached hydrogens (tertiary/aromatic N) is 4. The molecular formula is C11H13N5O3S2. The molecule has 0 radical (unpaired) electrons. The number of hydrogen-bond acceptors (Lipinski definition) is 7. The van der Waals surface area contributed by atoms with Gasteiger partial charge in [0.25, 0.3) is 0 Å². The SMILES string of the molecule is Cc1nn2cc(CNS(=O)(=O)c3c(C)noc3C)nc2s1. The Morgan fingerprint density at radius 2 is 2.14 bits per heavy atom. The van der Waals surface area contributed by atoms with Crippen molar-refractivity contribution >= 4 is 26.3 Å². The first-order valence-corrected chi connectivity index (χ1v) is 8.41. The van der Waals surface area contributed by atoms with Crippen LogP contribution in [0.15, 0.2) is 15.6 Å². The molecule has 3 aromatic heterocycles. The average Bonchev–Trinajstić information content (AvgIpc) is 3.00. The van der Waals surface area contributed by atoms with Crippen molar-refractivity contribution in [1.82, 2.24) is 24.5 Å². The molecule has 0 amide bonds. The molecule has 3 rings (SSSR count). The quantitative estimate of drug-likeness (QED) is 0.772. The van der Waals surface area contributed by atoms with Crippen LogP contribution >= 0.6 is 11.3 Å². The Morgan fingerprint density at radius 1 is 1.38 bits per heavy atom. The van der Waals surface area contributed by atoms with Gasteiger partial charge in [-0.15, -0.1) is 0 Å². The lowest BCUT2D eigenvalue weighted by atomic mass is 10.4. The van der Waals surface area contributed by atoms with Crippen LogP contribution in [0, 0.1) is 20.8 Å². The summed E-state index contributed by atoms with van der Waals surface area (Å²) in [6, 6.07) is 0. The van der Waals surface area contributed by atoms with Crippen molar-refractivity contribution in [1.29, 1.82) is 0 Å². The number of hydrogen-bond donors (Lipinski definition) is 1. The Bertz CT molecular complexity index is 855. The van der Waals surface area contributed by atoms with Gasteiger partial charge < -0.3 is 4.52 Å². The Kier molecular flexibility index (Phi) is 3.30. The lowest BCUT2D eigenvalue weighted by molar-refractivity contribution is 0.390. The molecular weight excluding hydrogens is 314 g/mol. The first-order chi connectivity index (χ1) is 9.87. The molecule has 21 heavy (non-hydrogen) atoms. The molecule has 0 spiro atoms. The Labute approximate surface area is 124 Å². The second kappa shape index (κ2) is 4.90. The van der Waals surface area contributed by atoms with E-state index in [9.17, 15) is 8.42 Å². The van der Waals surface area contributed by atoms with E-state index in [4.69, 9.17) is 4.52 Å². The number of aryl methyl sites for hydroxylation is 3. The molecule has 0 saturated carbocycles. The van der Waals surface area contributed by atoms with E-state index in [2.05, 4.69) is 20.0 Å². The molecule has 0 aliphatic heterocycles. The average molecular weight is 327 g/mol. The van der Waals surface area contributed by atoms with Gasteiger partial charge in [0.05, 0.1) is 18.4 Å². The molecule has 0 saturated heterocycles. The third-order valence-electron chi connectivity index (χ3n) is 2.87. The zero-order valence-electron chi connectivity index (χ0n) is 11.6. The van der Waals surface area contributed by atoms with Gasteiger partial charge in [0.1, 0.15) is 15.6 Å². The third kappa shape index (κ3) is 2.57. The molecule has 0 fully saturated rings. The molecule has 8 nitrogen and oxygen atoms in total. The summed E-state index contributed by atoms with van der Waals surface area (Å²) in [7, 11) is -3.68. The van der Waals surface area contributed by atoms with Gasteiger partial charge in [0.15, 0.2) is 5.76 Å². The zero-order chi connectivity index (χ0) is 15.2. The van der Waals surface area contributed by atoms with Gasteiger partial charge in [-0.1, -0.05) is 16.5 Å². The van der Waals surface area contributed by atoms with Gasteiger partial charge in [-0.2, -0.15) is 5.10 Å². The minimum Gasteiger partial charge on any atom is -0.360 e. The van der Waals surface area contributed by atoms with Crippen LogP contribution in [0.3, 0.4) is 0 Å². The van der Waals surface area contributed by atoms with E-state index < -0.39 is 10.0 Å². The van der Waals surface area contributed by atoms with Crippen molar-refractivity contribution in [2.75, 3.05) is 0 Å². The zero-order valence-corrected chi connectivity index (χ0v) is 13.2. The van der Waals surface area contributed by atoms with E-state index in [-0.39, 0.29) is 17.2 Å². The number of aromatic nitrogens is 4. The van der Waals surface area contributed by atoms with Gasteiger partial charge in [-0.05, 0) is 20.8 Å². The van der Waals surface area contributed by atoms with Crippen molar-refractivity contribution in [2.24, 2.45) is 0 Å². The fourth-order valence-electron chi connectivity index (χ4n) is 2.03. The summed E-state index contributed by atoms with van der Waals surface area (Å²) in [4.78, 5) is 5.13. The maximum absolute atomic E-state index is 12.3. The molecule has 0 unspecified atom stereocenters. The summed E-state index contributed by atoms with van der Waals surface area (Å²) in [6.07, 6.45) is 1.70. The van der Waals surface area contributed by atoms with Crippen molar-refractivity contribution in [2.45, 2.75) is 32.2 Å². The van der Waals surface area contributed by atoms with Crippen molar-refractivity contribution in [3.8, 4) is 0 Å². The number of imidazole rings is 1. The van der Waals surface area contributed by atoms with Crippen molar-refractivity contribution < 1.29 is 12.9 Å². The highest BCUT2D eigenvalue weighted by Crippen LogP contribution is 2.19. The Hall–Kier alpha value is -1.78. The minimum absolute atomic E-state index is 0.0810. The van der Waals surface area contributed by atoms with Crippen LogP contribution < -0.4 is 4.72 Å². The second-order valence-corrected chi connectivity index (χ2v) is 7.42. The van der Waals surface area contributed by atoms with Gasteiger partial charge >= 0.3 is 0 Å². The van der Waals surface area contributed by atoms with Gasteiger partial charge in [-0.25, -0.2) is 22.6 Å². The normalized spacial score (nSPS) is 12.3. The predicted molar refractivity (Wildman–Crippen MR) is 75.6 cm³/mol. The molecule has 3 heterocycles. The second-order valence-electron chi connectivity index (χ2n) is 4.56. The summed E-state index contributed by atoms with van der Waals surface area (Å²) >= 11 is 1.45. The van der Waals surface area contributed by atoms with Crippen LogP contribution in [0.2, 0.25) is 0 Å². The van der Waals surface area contributed by atoms with Crippen LogP contribution in [-0.4, -0.2) is 28.2 Å². The maximum atomic E-state index is 12.3. The maximum Gasteiger partial charge on any atom is 0.246 e. The standard InChI is InChI=1S/C11H13N5O3S2/c1-6-10(7(2)19-15-6)21(17,18)12-4-9-5-16-11(13-9)20-8(3)14-16/h5,12H,4H2,1-3H3. The predicted octanol–water partition coefficient (Wildman–Crippen LogP) is 1.18.